The zero-order chi connectivity index (χ0) is 18.1. The lowest BCUT2D eigenvalue weighted by atomic mass is 10.2. The summed E-state index contributed by atoms with van der Waals surface area (Å²) in [6.07, 6.45) is 3.39. The molecule has 0 spiro atoms. The molecule has 0 bridgehead atoms. The van der Waals surface area contributed by atoms with E-state index >= 15 is 0 Å². The minimum atomic E-state index is -0.505. The van der Waals surface area contributed by atoms with Crippen molar-refractivity contribution in [2.75, 3.05) is 7.11 Å². The van der Waals surface area contributed by atoms with Gasteiger partial charge in [-0.05, 0) is 38.1 Å². The number of carbonyl (C=O) groups excluding carboxylic acids is 4. The second-order valence-electron chi connectivity index (χ2n) is 4.63. The van der Waals surface area contributed by atoms with Crippen LogP contribution in [0.3, 0.4) is 0 Å². The number of pyridine rings is 2. The second kappa shape index (κ2) is 10.5. The number of methoxy groups -OCH3 is 1. The highest BCUT2D eigenvalue weighted by Gasteiger charge is 2.07. The molecule has 0 aliphatic rings. The van der Waals surface area contributed by atoms with Gasteiger partial charge in [0.1, 0.15) is 11.4 Å². The lowest BCUT2D eigenvalue weighted by molar-refractivity contribution is 0.0593. The van der Waals surface area contributed by atoms with Crippen LogP contribution in [-0.2, 0) is 4.74 Å². The Bertz CT molecular complexity index is 737. The Hall–Kier alpha value is -3.22. The van der Waals surface area contributed by atoms with Gasteiger partial charge >= 0.3 is 5.97 Å². The van der Waals surface area contributed by atoms with Crippen LogP contribution in [0.5, 0.6) is 0 Å². The largest absolute Gasteiger partial charge is 0.464 e. The number of hydrogen-bond donors (Lipinski definition) is 0. The zero-order valence-corrected chi connectivity index (χ0v) is 13.5. The smallest absolute Gasteiger partial charge is 0.356 e. The molecular weight excluding hydrogens is 324 g/mol. The van der Waals surface area contributed by atoms with E-state index in [4.69, 9.17) is 0 Å². The Morgan fingerprint density at radius 1 is 0.920 bits per heavy atom. The Kier molecular flexibility index (Phi) is 9.18. The summed E-state index contributed by atoms with van der Waals surface area (Å²) in [5.74, 6) is -0.631. The highest BCUT2D eigenvalue weighted by molar-refractivity contribution is 5.95. The van der Waals surface area contributed by atoms with Crippen LogP contribution >= 0.6 is 0 Å². The molecule has 25 heavy (non-hydrogen) atoms. The average Bonchev–Trinajstić information content (AvgIpc) is 2.61. The molecule has 0 N–H and O–H groups in total. The number of esters is 1. The summed E-state index contributed by atoms with van der Waals surface area (Å²) in [5, 5.41) is 0. The van der Waals surface area contributed by atoms with Gasteiger partial charge < -0.3 is 4.74 Å². The lowest BCUT2D eigenvalue weighted by Gasteiger charge is -1.98. The van der Waals surface area contributed by atoms with Gasteiger partial charge in [0.15, 0.2) is 17.9 Å². The van der Waals surface area contributed by atoms with Gasteiger partial charge in [-0.1, -0.05) is 7.43 Å². The third-order valence-corrected chi connectivity index (χ3v) is 2.88. The standard InChI is InChI=1S/C9H9NO3.C8H7NO2.CH4/c1-6(11)7-3-4-8(10-5-7)9(12)13-2;1-6(11)7-2-3-8(5-10)9-4-7;/h3-5H,1-2H3;2-5H,1H3;1H4. The molecule has 0 aliphatic carbocycles. The van der Waals surface area contributed by atoms with Crippen molar-refractivity contribution in [2.45, 2.75) is 21.3 Å². The molecule has 0 amide bonds. The van der Waals surface area contributed by atoms with Crippen molar-refractivity contribution < 1.29 is 23.9 Å². The maximum atomic E-state index is 10.9. The molecule has 0 saturated carbocycles. The molecule has 0 aromatic carbocycles. The monoisotopic (exact) mass is 344 g/mol. The Labute approximate surface area is 146 Å². The van der Waals surface area contributed by atoms with Gasteiger partial charge in [0.25, 0.3) is 0 Å². The van der Waals surface area contributed by atoms with Gasteiger partial charge in [-0.25, -0.2) is 9.78 Å². The number of rotatable bonds is 4. The van der Waals surface area contributed by atoms with Crippen molar-refractivity contribution in [3.8, 4) is 0 Å². The summed E-state index contributed by atoms with van der Waals surface area (Å²) in [7, 11) is 1.28. The van der Waals surface area contributed by atoms with Crippen molar-refractivity contribution in [3.05, 3.63) is 59.2 Å². The highest BCUT2D eigenvalue weighted by Crippen LogP contribution is 2.02. The fourth-order valence-electron chi connectivity index (χ4n) is 1.51. The first-order valence-corrected chi connectivity index (χ1v) is 6.86. The Morgan fingerprint density at radius 3 is 1.76 bits per heavy atom. The van der Waals surface area contributed by atoms with E-state index in [1.54, 1.807) is 12.1 Å². The Balaban J connectivity index is 0.000000449. The molecule has 0 atom stereocenters. The number of ketones is 2. The quantitative estimate of drug-likeness (QED) is 0.477. The molecule has 132 valence electrons. The Morgan fingerprint density at radius 2 is 1.44 bits per heavy atom. The molecule has 0 aliphatic heterocycles. The van der Waals surface area contributed by atoms with Crippen LogP contribution in [0.1, 0.15) is 63.0 Å². The van der Waals surface area contributed by atoms with Gasteiger partial charge in [-0.3, -0.25) is 19.4 Å². The summed E-state index contributed by atoms with van der Waals surface area (Å²) in [6.45, 7) is 2.90. The highest BCUT2D eigenvalue weighted by atomic mass is 16.5. The topological polar surface area (TPSA) is 103 Å². The van der Waals surface area contributed by atoms with Crippen LogP contribution < -0.4 is 0 Å². The zero-order valence-electron chi connectivity index (χ0n) is 13.5. The first-order valence-electron chi connectivity index (χ1n) is 6.86. The van der Waals surface area contributed by atoms with E-state index < -0.39 is 5.97 Å². The number of aldehydes is 1. The van der Waals surface area contributed by atoms with E-state index in [0.29, 0.717) is 23.1 Å². The van der Waals surface area contributed by atoms with Gasteiger partial charge in [-0.2, -0.15) is 0 Å². The third kappa shape index (κ3) is 6.82. The molecular formula is C18H20N2O5. The minimum absolute atomic E-state index is 0. The predicted molar refractivity (Wildman–Crippen MR) is 91.9 cm³/mol. The lowest BCUT2D eigenvalue weighted by Crippen LogP contribution is -2.05. The van der Waals surface area contributed by atoms with Gasteiger partial charge in [0.2, 0.25) is 0 Å². The molecule has 2 heterocycles. The van der Waals surface area contributed by atoms with E-state index in [2.05, 4.69) is 14.7 Å². The first kappa shape index (κ1) is 21.8. The van der Waals surface area contributed by atoms with Crippen LogP contribution in [0.2, 0.25) is 0 Å². The minimum Gasteiger partial charge on any atom is -0.464 e. The molecule has 2 aromatic heterocycles. The number of Topliss-reactive ketones (excluding diaryl/α,β-unsaturated/α-hetero) is 2. The van der Waals surface area contributed by atoms with Gasteiger partial charge in [0.05, 0.1) is 7.11 Å². The van der Waals surface area contributed by atoms with Crippen molar-refractivity contribution in [1.82, 2.24) is 9.97 Å². The summed E-state index contributed by atoms with van der Waals surface area (Å²) in [6, 6.07) is 6.10. The summed E-state index contributed by atoms with van der Waals surface area (Å²) < 4.78 is 4.45. The average molecular weight is 344 g/mol. The number of carbonyl (C=O) groups is 4. The predicted octanol–water partition coefficient (Wildman–Crippen LogP) is 2.80. The molecule has 0 radical (unpaired) electrons. The number of ether oxygens (including phenoxy) is 1. The fraction of sp³-hybridized carbons (Fsp3) is 0.222. The normalized spacial score (nSPS) is 8.92. The molecule has 0 fully saturated rings. The van der Waals surface area contributed by atoms with Crippen molar-refractivity contribution in [2.24, 2.45) is 0 Å². The van der Waals surface area contributed by atoms with E-state index in [1.807, 2.05) is 0 Å². The van der Waals surface area contributed by atoms with Crippen LogP contribution in [-0.4, -0.2) is 40.9 Å². The van der Waals surface area contributed by atoms with Crippen LogP contribution in [0, 0.1) is 0 Å². The van der Waals surface area contributed by atoms with E-state index in [9.17, 15) is 19.2 Å². The second-order valence-corrected chi connectivity index (χ2v) is 4.63. The maximum absolute atomic E-state index is 10.9. The van der Waals surface area contributed by atoms with Gasteiger partial charge in [-0.15, -0.1) is 0 Å². The third-order valence-electron chi connectivity index (χ3n) is 2.88. The van der Waals surface area contributed by atoms with E-state index in [0.717, 1.165) is 0 Å². The van der Waals surface area contributed by atoms with Crippen molar-refractivity contribution >= 4 is 23.8 Å². The van der Waals surface area contributed by atoms with E-state index in [-0.39, 0.29) is 24.7 Å². The molecule has 2 aromatic rings. The van der Waals surface area contributed by atoms with Crippen molar-refractivity contribution in [1.29, 1.82) is 0 Å². The first-order chi connectivity index (χ1) is 11.4. The van der Waals surface area contributed by atoms with Crippen molar-refractivity contribution in [3.63, 3.8) is 0 Å². The molecule has 2 rings (SSSR count). The number of hydrogen-bond acceptors (Lipinski definition) is 7. The maximum Gasteiger partial charge on any atom is 0.356 e. The summed E-state index contributed by atoms with van der Waals surface area (Å²) in [4.78, 5) is 50.1. The fourth-order valence-corrected chi connectivity index (χ4v) is 1.51. The number of nitrogens with zero attached hydrogens (tertiary/aromatic N) is 2. The van der Waals surface area contributed by atoms with Gasteiger partial charge in [0, 0.05) is 23.5 Å². The molecule has 0 saturated heterocycles. The van der Waals surface area contributed by atoms with Crippen LogP contribution in [0.15, 0.2) is 36.7 Å². The molecule has 7 nitrogen and oxygen atoms in total. The summed E-state index contributed by atoms with van der Waals surface area (Å²) >= 11 is 0. The number of aromatic nitrogens is 2. The summed E-state index contributed by atoms with van der Waals surface area (Å²) in [5.41, 5.74) is 1.55. The van der Waals surface area contributed by atoms with Crippen LogP contribution in [0.25, 0.3) is 0 Å². The van der Waals surface area contributed by atoms with Crippen LogP contribution in [0.4, 0.5) is 0 Å². The molecule has 0 unspecified atom stereocenters. The SMILES string of the molecule is C.CC(=O)c1ccc(C=O)nc1.COC(=O)c1ccc(C(C)=O)cn1. The van der Waals surface area contributed by atoms with E-state index in [1.165, 1.54) is 45.5 Å². The molecule has 7 heteroatoms.